The molecule has 0 fully saturated rings. The molecular formula is C19H19FN2O4S. The van der Waals surface area contributed by atoms with Gasteiger partial charge in [-0.25, -0.2) is 12.8 Å². The summed E-state index contributed by atoms with van der Waals surface area (Å²) in [7, 11) is -3.86. The number of anilines is 1. The van der Waals surface area contributed by atoms with Gasteiger partial charge in [-0.15, -0.1) is 0 Å². The number of aromatic amines is 1. The number of nitrogens with one attached hydrogen (secondary N) is 2. The normalized spacial score (nSPS) is 12.3. The monoisotopic (exact) mass is 390 g/mol. The number of rotatable bonds is 6. The van der Waals surface area contributed by atoms with Crippen LogP contribution in [0.1, 0.15) is 19.4 Å². The number of halogens is 1. The number of carboxylic acids is 1. The molecule has 0 aliphatic carbocycles. The third kappa shape index (κ3) is 3.95. The lowest BCUT2D eigenvalue weighted by Crippen LogP contribution is -2.26. The Morgan fingerprint density at radius 3 is 2.48 bits per heavy atom. The molecule has 0 saturated heterocycles. The second kappa shape index (κ2) is 6.70. The molecular weight excluding hydrogens is 371 g/mol. The first kappa shape index (κ1) is 18.9. The van der Waals surface area contributed by atoms with Crippen LogP contribution in [0.25, 0.3) is 10.9 Å². The highest BCUT2D eigenvalue weighted by molar-refractivity contribution is 7.92. The third-order valence-corrected chi connectivity index (χ3v) is 5.75. The summed E-state index contributed by atoms with van der Waals surface area (Å²) >= 11 is 0. The predicted octanol–water partition coefficient (Wildman–Crippen LogP) is 3.76. The molecule has 0 radical (unpaired) electrons. The van der Waals surface area contributed by atoms with E-state index < -0.39 is 27.2 Å². The Hall–Kier alpha value is -2.87. The van der Waals surface area contributed by atoms with Crippen LogP contribution in [-0.4, -0.2) is 24.5 Å². The Kier molecular flexibility index (Phi) is 4.69. The highest BCUT2D eigenvalue weighted by Gasteiger charge is 2.28. The number of carbonyl (C=O) groups is 1. The van der Waals surface area contributed by atoms with Crippen molar-refractivity contribution in [1.29, 1.82) is 0 Å². The fourth-order valence-electron chi connectivity index (χ4n) is 2.77. The van der Waals surface area contributed by atoms with Gasteiger partial charge in [0.1, 0.15) is 5.82 Å². The zero-order valence-electron chi connectivity index (χ0n) is 14.8. The number of benzene rings is 2. The van der Waals surface area contributed by atoms with Gasteiger partial charge in [-0.1, -0.05) is 0 Å². The summed E-state index contributed by atoms with van der Waals surface area (Å²) in [5.41, 5.74) is 0.926. The van der Waals surface area contributed by atoms with Gasteiger partial charge in [0.15, 0.2) is 0 Å². The molecule has 1 aromatic heterocycles. The van der Waals surface area contributed by atoms with E-state index in [4.69, 9.17) is 0 Å². The van der Waals surface area contributed by atoms with Crippen molar-refractivity contribution in [2.24, 2.45) is 5.41 Å². The molecule has 0 atom stereocenters. The van der Waals surface area contributed by atoms with Crippen LogP contribution >= 0.6 is 0 Å². The molecule has 0 saturated carbocycles. The topological polar surface area (TPSA) is 99.3 Å². The van der Waals surface area contributed by atoms with Crippen molar-refractivity contribution < 1.29 is 22.7 Å². The molecule has 8 heteroatoms. The minimum atomic E-state index is -3.86. The van der Waals surface area contributed by atoms with Crippen LogP contribution in [0.4, 0.5) is 10.1 Å². The number of sulfonamides is 1. The molecule has 2 aromatic carbocycles. The minimum Gasteiger partial charge on any atom is -0.481 e. The highest BCUT2D eigenvalue weighted by atomic mass is 32.2. The van der Waals surface area contributed by atoms with Gasteiger partial charge in [-0.2, -0.15) is 0 Å². The van der Waals surface area contributed by atoms with Gasteiger partial charge in [0.25, 0.3) is 10.0 Å². The second-order valence-electron chi connectivity index (χ2n) is 7.00. The second-order valence-corrected chi connectivity index (χ2v) is 8.68. The van der Waals surface area contributed by atoms with Crippen LogP contribution in [0.2, 0.25) is 0 Å². The summed E-state index contributed by atoms with van der Waals surface area (Å²) < 4.78 is 40.4. The summed E-state index contributed by atoms with van der Waals surface area (Å²) in [5.74, 6) is -1.43. The van der Waals surface area contributed by atoms with Crippen molar-refractivity contribution >= 4 is 32.6 Å². The fourth-order valence-corrected chi connectivity index (χ4v) is 3.82. The average Bonchev–Trinajstić information content (AvgIpc) is 2.96. The van der Waals surface area contributed by atoms with Crippen LogP contribution in [0.15, 0.2) is 53.6 Å². The SMILES string of the molecule is CC(C)(Cc1c[nH]c2ccc(NS(=O)(=O)c3ccc(F)cc3)cc12)C(=O)O. The molecule has 3 N–H and O–H groups in total. The van der Waals surface area contributed by atoms with Crippen molar-refractivity contribution in [1.82, 2.24) is 4.98 Å². The smallest absolute Gasteiger partial charge is 0.309 e. The zero-order chi connectivity index (χ0) is 19.8. The van der Waals surface area contributed by atoms with Gasteiger partial charge in [0, 0.05) is 22.8 Å². The van der Waals surface area contributed by atoms with Gasteiger partial charge in [0.2, 0.25) is 0 Å². The van der Waals surface area contributed by atoms with Gasteiger partial charge in [0.05, 0.1) is 10.3 Å². The molecule has 0 spiro atoms. The molecule has 0 aliphatic heterocycles. The van der Waals surface area contributed by atoms with Gasteiger partial charge < -0.3 is 10.1 Å². The quantitative estimate of drug-likeness (QED) is 0.597. The van der Waals surface area contributed by atoms with E-state index in [-0.39, 0.29) is 11.3 Å². The van der Waals surface area contributed by atoms with E-state index in [0.29, 0.717) is 5.69 Å². The number of carboxylic acid groups (broad SMARTS) is 1. The number of aliphatic carboxylic acids is 1. The maximum atomic E-state index is 13.0. The molecule has 0 bridgehead atoms. The average molecular weight is 390 g/mol. The summed E-state index contributed by atoms with van der Waals surface area (Å²) in [5, 5.41) is 10.1. The van der Waals surface area contributed by atoms with Crippen molar-refractivity contribution in [2.75, 3.05) is 4.72 Å². The first-order chi connectivity index (χ1) is 12.6. The maximum absolute atomic E-state index is 13.0. The number of fused-ring (bicyclic) bond motifs is 1. The highest BCUT2D eigenvalue weighted by Crippen LogP contribution is 2.29. The summed E-state index contributed by atoms with van der Waals surface area (Å²) in [6.07, 6.45) is 2.02. The van der Waals surface area contributed by atoms with Crippen molar-refractivity contribution in [2.45, 2.75) is 25.2 Å². The van der Waals surface area contributed by atoms with E-state index in [2.05, 4.69) is 9.71 Å². The van der Waals surface area contributed by atoms with Crippen LogP contribution < -0.4 is 4.72 Å². The molecule has 0 unspecified atom stereocenters. The molecule has 1 heterocycles. The Balaban J connectivity index is 1.93. The Bertz CT molecular complexity index is 1100. The summed E-state index contributed by atoms with van der Waals surface area (Å²) in [4.78, 5) is 14.4. The zero-order valence-corrected chi connectivity index (χ0v) is 15.6. The molecule has 0 aliphatic rings. The van der Waals surface area contributed by atoms with E-state index in [1.807, 2.05) is 0 Å². The van der Waals surface area contributed by atoms with Gasteiger partial charge in [-0.3, -0.25) is 9.52 Å². The van der Waals surface area contributed by atoms with Crippen LogP contribution in [0, 0.1) is 11.2 Å². The molecule has 3 rings (SSSR count). The van der Waals surface area contributed by atoms with E-state index in [1.54, 1.807) is 38.2 Å². The molecule has 27 heavy (non-hydrogen) atoms. The lowest BCUT2D eigenvalue weighted by atomic mass is 9.86. The Morgan fingerprint density at radius 1 is 1.19 bits per heavy atom. The maximum Gasteiger partial charge on any atom is 0.309 e. The Labute approximate surface area is 156 Å². The van der Waals surface area contributed by atoms with Crippen LogP contribution in [0.5, 0.6) is 0 Å². The standard InChI is InChI=1S/C19H19FN2O4S/c1-19(2,18(23)24)10-12-11-21-17-8-5-14(9-16(12)17)22-27(25,26)15-6-3-13(20)4-7-15/h3-9,11,21-22H,10H2,1-2H3,(H,23,24). The van der Waals surface area contributed by atoms with Gasteiger partial charge in [-0.05, 0) is 68.3 Å². The number of aromatic nitrogens is 1. The largest absolute Gasteiger partial charge is 0.481 e. The number of H-pyrrole nitrogens is 1. The minimum absolute atomic E-state index is 0.0506. The molecule has 3 aromatic rings. The van der Waals surface area contributed by atoms with E-state index in [0.717, 1.165) is 28.6 Å². The van der Waals surface area contributed by atoms with E-state index in [1.165, 1.54) is 12.1 Å². The van der Waals surface area contributed by atoms with E-state index >= 15 is 0 Å². The van der Waals surface area contributed by atoms with Crippen molar-refractivity contribution in [3.8, 4) is 0 Å². The lowest BCUT2D eigenvalue weighted by Gasteiger charge is -2.18. The Morgan fingerprint density at radius 2 is 1.85 bits per heavy atom. The molecule has 142 valence electrons. The summed E-state index contributed by atoms with van der Waals surface area (Å²) in [6, 6.07) is 9.51. The molecule has 6 nitrogen and oxygen atoms in total. The fraction of sp³-hybridized carbons (Fsp3) is 0.211. The van der Waals surface area contributed by atoms with Gasteiger partial charge >= 0.3 is 5.97 Å². The predicted molar refractivity (Wildman–Crippen MR) is 101 cm³/mol. The molecule has 0 amide bonds. The first-order valence-electron chi connectivity index (χ1n) is 8.20. The third-order valence-electron chi connectivity index (χ3n) is 4.35. The first-order valence-corrected chi connectivity index (χ1v) is 9.69. The van der Waals surface area contributed by atoms with Crippen LogP contribution in [-0.2, 0) is 21.2 Å². The lowest BCUT2D eigenvalue weighted by molar-refractivity contribution is -0.146. The number of hydrogen-bond donors (Lipinski definition) is 3. The number of hydrogen-bond acceptors (Lipinski definition) is 3. The van der Waals surface area contributed by atoms with Crippen LogP contribution in [0.3, 0.4) is 0 Å². The van der Waals surface area contributed by atoms with Crippen molar-refractivity contribution in [3.63, 3.8) is 0 Å². The van der Waals surface area contributed by atoms with E-state index in [9.17, 15) is 22.7 Å². The van der Waals surface area contributed by atoms with Crippen molar-refractivity contribution in [3.05, 3.63) is 60.0 Å². The summed E-state index contributed by atoms with van der Waals surface area (Å²) in [6.45, 7) is 3.27.